The van der Waals surface area contributed by atoms with Gasteiger partial charge in [0.25, 0.3) is 5.56 Å². The van der Waals surface area contributed by atoms with Crippen molar-refractivity contribution in [1.82, 2.24) is 9.55 Å². The molecule has 0 spiro atoms. The molecule has 0 saturated heterocycles. The molecule has 0 unspecified atom stereocenters. The summed E-state index contributed by atoms with van der Waals surface area (Å²) in [5.41, 5.74) is 1.83. The predicted octanol–water partition coefficient (Wildman–Crippen LogP) is 6.28. The third-order valence-electron chi connectivity index (χ3n) is 4.80. The van der Waals surface area contributed by atoms with E-state index in [0.29, 0.717) is 27.9 Å². The maximum absolute atomic E-state index is 13.4. The predicted molar refractivity (Wildman–Crippen MR) is 127 cm³/mol. The molecule has 154 valence electrons. The van der Waals surface area contributed by atoms with Crippen LogP contribution in [0.2, 0.25) is 5.02 Å². The number of thiophene rings is 1. The van der Waals surface area contributed by atoms with Gasteiger partial charge in [-0.3, -0.25) is 9.36 Å². The Kier molecular flexibility index (Phi) is 6.46. The van der Waals surface area contributed by atoms with Gasteiger partial charge >= 0.3 is 0 Å². The fraction of sp³-hybridized carbons (Fsp3) is 0.217. The summed E-state index contributed by atoms with van der Waals surface area (Å²) in [4.78, 5) is 20.2. The second kappa shape index (κ2) is 9.25. The number of benzene rings is 2. The van der Waals surface area contributed by atoms with Crippen LogP contribution in [0.25, 0.3) is 15.9 Å². The number of ether oxygens (including phenoxy) is 1. The molecule has 0 aliphatic carbocycles. The number of hydrogen-bond donors (Lipinski definition) is 0. The molecule has 7 heteroatoms. The zero-order chi connectivity index (χ0) is 21.1. The smallest absolute Gasteiger partial charge is 0.267 e. The van der Waals surface area contributed by atoms with Crippen molar-refractivity contribution in [3.8, 4) is 11.4 Å². The van der Waals surface area contributed by atoms with Crippen molar-refractivity contribution < 1.29 is 4.74 Å². The van der Waals surface area contributed by atoms with Crippen LogP contribution in [-0.4, -0.2) is 21.9 Å². The molecule has 0 fully saturated rings. The molecule has 0 aliphatic heterocycles. The van der Waals surface area contributed by atoms with Gasteiger partial charge in [-0.15, -0.1) is 11.3 Å². The lowest BCUT2D eigenvalue weighted by Gasteiger charge is -2.12. The van der Waals surface area contributed by atoms with Crippen molar-refractivity contribution in [3.05, 3.63) is 80.4 Å². The van der Waals surface area contributed by atoms with Gasteiger partial charge in [0.05, 0.1) is 22.7 Å². The van der Waals surface area contributed by atoms with Crippen molar-refractivity contribution in [1.29, 1.82) is 0 Å². The summed E-state index contributed by atoms with van der Waals surface area (Å²) in [7, 11) is 0. The lowest BCUT2D eigenvalue weighted by Crippen LogP contribution is -2.21. The summed E-state index contributed by atoms with van der Waals surface area (Å²) in [6.07, 6.45) is 0.807. The highest BCUT2D eigenvalue weighted by atomic mass is 35.5. The van der Waals surface area contributed by atoms with Crippen molar-refractivity contribution in [2.45, 2.75) is 25.4 Å². The number of aromatic nitrogens is 2. The summed E-state index contributed by atoms with van der Waals surface area (Å²) in [6.45, 7) is 4.57. The molecular formula is C23H21ClN2O2S2. The van der Waals surface area contributed by atoms with E-state index in [4.69, 9.17) is 21.3 Å². The fourth-order valence-electron chi connectivity index (χ4n) is 3.14. The maximum atomic E-state index is 13.4. The highest BCUT2D eigenvalue weighted by Crippen LogP contribution is 2.30. The molecule has 0 aliphatic rings. The highest BCUT2D eigenvalue weighted by Gasteiger charge is 2.17. The van der Waals surface area contributed by atoms with Crippen LogP contribution >= 0.6 is 34.7 Å². The van der Waals surface area contributed by atoms with E-state index in [1.807, 2.05) is 68.4 Å². The average Bonchev–Trinajstić information content (AvgIpc) is 3.03. The van der Waals surface area contributed by atoms with E-state index < -0.39 is 0 Å². The molecule has 0 radical (unpaired) electrons. The molecule has 2 heterocycles. The van der Waals surface area contributed by atoms with E-state index in [1.165, 1.54) is 0 Å². The SMILES string of the molecule is Cc1sc2nc(SCCCOc3ccccc3Cl)n(-c3ccccc3)c(=O)c2c1C. The Balaban J connectivity index is 1.57. The third-order valence-corrected chi connectivity index (χ3v) is 7.24. The molecule has 0 amide bonds. The molecule has 0 atom stereocenters. The van der Waals surface area contributed by atoms with Crippen LogP contribution in [0.3, 0.4) is 0 Å². The molecule has 2 aromatic heterocycles. The summed E-state index contributed by atoms with van der Waals surface area (Å²) in [5.74, 6) is 1.47. The van der Waals surface area contributed by atoms with Crippen LogP contribution in [0, 0.1) is 13.8 Å². The van der Waals surface area contributed by atoms with Gasteiger partial charge in [0.1, 0.15) is 10.6 Å². The Hall–Kier alpha value is -2.28. The second-order valence-corrected chi connectivity index (χ2v) is 9.49. The van der Waals surface area contributed by atoms with Gasteiger partial charge in [-0.2, -0.15) is 0 Å². The van der Waals surface area contributed by atoms with Crippen molar-refractivity contribution in [2.24, 2.45) is 0 Å². The van der Waals surface area contributed by atoms with E-state index in [1.54, 1.807) is 27.7 Å². The van der Waals surface area contributed by atoms with Gasteiger partial charge in [0, 0.05) is 10.6 Å². The monoisotopic (exact) mass is 456 g/mol. The van der Waals surface area contributed by atoms with Gasteiger partial charge in [0.2, 0.25) is 0 Å². The van der Waals surface area contributed by atoms with Crippen LogP contribution in [0.1, 0.15) is 16.9 Å². The zero-order valence-corrected chi connectivity index (χ0v) is 19.1. The Morgan fingerprint density at radius 1 is 1.10 bits per heavy atom. The van der Waals surface area contributed by atoms with Gasteiger partial charge in [-0.05, 0) is 50.1 Å². The summed E-state index contributed by atoms with van der Waals surface area (Å²) in [6, 6.07) is 17.1. The van der Waals surface area contributed by atoms with Crippen molar-refractivity contribution in [3.63, 3.8) is 0 Å². The third kappa shape index (κ3) is 4.26. The number of fused-ring (bicyclic) bond motifs is 1. The topological polar surface area (TPSA) is 44.1 Å². The molecule has 4 nitrogen and oxygen atoms in total. The zero-order valence-electron chi connectivity index (χ0n) is 16.7. The van der Waals surface area contributed by atoms with Crippen molar-refractivity contribution in [2.75, 3.05) is 12.4 Å². The van der Waals surface area contributed by atoms with Gasteiger partial charge in [-0.1, -0.05) is 53.7 Å². The largest absolute Gasteiger partial charge is 0.492 e. The first-order valence-electron chi connectivity index (χ1n) is 9.64. The standard InChI is InChI=1S/C23H21ClN2O2S2/c1-15-16(2)30-21-20(15)22(27)26(17-9-4-3-5-10-17)23(25-21)29-14-8-13-28-19-12-7-6-11-18(19)24/h3-7,9-12H,8,13-14H2,1-2H3. The van der Waals surface area contributed by atoms with Crippen LogP contribution in [0.5, 0.6) is 5.75 Å². The van der Waals surface area contributed by atoms with E-state index in [0.717, 1.165) is 33.1 Å². The Labute approximate surface area is 188 Å². The van der Waals surface area contributed by atoms with Crippen molar-refractivity contribution >= 4 is 44.9 Å². The Morgan fingerprint density at radius 3 is 2.60 bits per heavy atom. The molecule has 2 aromatic carbocycles. The number of rotatable bonds is 7. The lowest BCUT2D eigenvalue weighted by molar-refractivity contribution is 0.319. The average molecular weight is 457 g/mol. The minimum Gasteiger partial charge on any atom is -0.492 e. The number of thioether (sulfide) groups is 1. The number of aryl methyl sites for hydroxylation is 2. The minimum atomic E-state index is -0.0112. The minimum absolute atomic E-state index is 0.0112. The molecule has 4 rings (SSSR count). The van der Waals surface area contributed by atoms with E-state index in [2.05, 4.69) is 0 Å². The van der Waals surface area contributed by atoms with Crippen LogP contribution in [0.15, 0.2) is 64.5 Å². The van der Waals surface area contributed by atoms with E-state index in [9.17, 15) is 4.79 Å². The quantitative estimate of drug-likeness (QED) is 0.186. The van der Waals surface area contributed by atoms with E-state index >= 15 is 0 Å². The molecular weight excluding hydrogens is 436 g/mol. The summed E-state index contributed by atoms with van der Waals surface area (Å²) < 4.78 is 7.49. The second-order valence-electron chi connectivity index (χ2n) is 6.81. The van der Waals surface area contributed by atoms with Gasteiger partial charge < -0.3 is 4.74 Å². The lowest BCUT2D eigenvalue weighted by atomic mass is 10.2. The number of nitrogens with zero attached hydrogens (tertiary/aromatic N) is 2. The number of para-hydroxylation sites is 2. The Bertz CT molecular complexity index is 1240. The molecule has 0 bridgehead atoms. The maximum Gasteiger partial charge on any atom is 0.267 e. The van der Waals surface area contributed by atoms with Crippen LogP contribution in [0.4, 0.5) is 0 Å². The van der Waals surface area contributed by atoms with Crippen LogP contribution in [-0.2, 0) is 0 Å². The summed E-state index contributed by atoms with van der Waals surface area (Å²) >= 11 is 9.28. The van der Waals surface area contributed by atoms with Crippen LogP contribution < -0.4 is 10.3 Å². The molecule has 0 N–H and O–H groups in total. The summed E-state index contributed by atoms with van der Waals surface area (Å²) in [5, 5.41) is 2.03. The molecule has 30 heavy (non-hydrogen) atoms. The first kappa shape index (κ1) is 21.0. The first-order chi connectivity index (χ1) is 14.6. The van der Waals surface area contributed by atoms with E-state index in [-0.39, 0.29) is 5.56 Å². The normalized spacial score (nSPS) is 11.2. The molecule has 4 aromatic rings. The molecule has 0 saturated carbocycles. The Morgan fingerprint density at radius 2 is 1.83 bits per heavy atom. The highest BCUT2D eigenvalue weighted by molar-refractivity contribution is 7.99. The van der Waals surface area contributed by atoms with Gasteiger partial charge in [0.15, 0.2) is 5.16 Å². The first-order valence-corrected chi connectivity index (χ1v) is 11.8. The number of hydrogen-bond acceptors (Lipinski definition) is 5. The van der Waals surface area contributed by atoms with Gasteiger partial charge in [-0.25, -0.2) is 4.98 Å². The fourth-order valence-corrected chi connectivity index (χ4v) is 5.33. The number of halogens is 1.